The molecule has 0 radical (unpaired) electrons. The molecule has 0 bridgehead atoms. The zero-order valence-electron chi connectivity index (χ0n) is 10.5. The topological polar surface area (TPSA) is 38.8 Å². The van der Waals surface area contributed by atoms with Crippen LogP contribution < -0.4 is 9.47 Å². The molecule has 0 saturated carbocycles. The monoisotopic (exact) mass is 371 g/mol. The van der Waals surface area contributed by atoms with Gasteiger partial charge in [0.05, 0.1) is 4.91 Å². The molecule has 0 N–H and O–H groups in total. The van der Waals surface area contributed by atoms with Gasteiger partial charge in [0, 0.05) is 11.0 Å². The van der Waals surface area contributed by atoms with E-state index in [1.54, 1.807) is 4.90 Å². The van der Waals surface area contributed by atoms with Crippen LogP contribution in [0.4, 0.5) is 0 Å². The Morgan fingerprint density at radius 2 is 2.15 bits per heavy atom. The van der Waals surface area contributed by atoms with Crippen LogP contribution in [-0.4, -0.2) is 28.5 Å². The van der Waals surface area contributed by atoms with E-state index in [9.17, 15) is 4.79 Å². The lowest BCUT2D eigenvalue weighted by molar-refractivity contribution is -0.121. The van der Waals surface area contributed by atoms with E-state index >= 15 is 0 Å². The molecule has 20 heavy (non-hydrogen) atoms. The predicted octanol–water partition coefficient (Wildman–Crippen LogP) is 3.40. The molecule has 1 saturated heterocycles. The quantitative estimate of drug-likeness (QED) is 0.588. The summed E-state index contributed by atoms with van der Waals surface area (Å²) in [4.78, 5) is 14.4. The maximum absolute atomic E-state index is 12.2. The minimum absolute atomic E-state index is 0.0490. The first kappa shape index (κ1) is 13.9. The fraction of sp³-hybridized carbons (Fsp3) is 0.231. The van der Waals surface area contributed by atoms with E-state index < -0.39 is 0 Å². The van der Waals surface area contributed by atoms with Crippen LogP contribution in [0.5, 0.6) is 11.5 Å². The van der Waals surface area contributed by atoms with Crippen molar-refractivity contribution in [3.8, 4) is 11.5 Å². The molecule has 4 nitrogen and oxygen atoms in total. The van der Waals surface area contributed by atoms with Crippen molar-refractivity contribution in [3.63, 3.8) is 0 Å². The molecule has 7 heteroatoms. The number of fused-ring (bicyclic) bond motifs is 1. The normalized spacial score (nSPS) is 19.3. The van der Waals surface area contributed by atoms with Crippen LogP contribution in [0.25, 0.3) is 6.08 Å². The SMILES string of the molecule is CCN1C(=O)C(=Cc2cc3c(cc2Br)OCO3)SC1=S. The molecule has 1 fully saturated rings. The summed E-state index contributed by atoms with van der Waals surface area (Å²) in [5.41, 5.74) is 0.867. The number of carbonyl (C=O) groups excluding carboxylic acids is 1. The summed E-state index contributed by atoms with van der Waals surface area (Å²) in [5.74, 6) is 1.34. The molecule has 2 heterocycles. The van der Waals surface area contributed by atoms with Gasteiger partial charge in [-0.15, -0.1) is 0 Å². The Kier molecular flexibility index (Phi) is 3.74. The second kappa shape index (κ2) is 5.38. The van der Waals surface area contributed by atoms with Crippen molar-refractivity contribution in [2.45, 2.75) is 6.92 Å². The Bertz CT molecular complexity index is 645. The number of thiocarbonyl (C=S) groups is 1. The molecule has 1 amide bonds. The molecule has 0 spiro atoms. The maximum atomic E-state index is 12.2. The molecule has 0 aliphatic carbocycles. The summed E-state index contributed by atoms with van der Waals surface area (Å²) in [6, 6.07) is 3.69. The van der Waals surface area contributed by atoms with Crippen LogP contribution in [0, 0.1) is 0 Å². The minimum Gasteiger partial charge on any atom is -0.454 e. The highest BCUT2D eigenvalue weighted by molar-refractivity contribution is 9.10. The number of likely N-dealkylation sites (N-methyl/N-ethyl adjacent to an activating group) is 1. The van der Waals surface area contributed by atoms with Gasteiger partial charge >= 0.3 is 0 Å². The van der Waals surface area contributed by atoms with Gasteiger partial charge in [0.1, 0.15) is 4.32 Å². The van der Waals surface area contributed by atoms with Crippen molar-refractivity contribution in [1.29, 1.82) is 0 Å². The second-order valence-corrected chi connectivity index (χ2v) is 6.68. The zero-order valence-corrected chi connectivity index (χ0v) is 13.7. The fourth-order valence-corrected chi connectivity index (χ4v) is 3.77. The van der Waals surface area contributed by atoms with Crippen molar-refractivity contribution in [3.05, 3.63) is 27.1 Å². The number of nitrogens with zero attached hydrogens (tertiary/aromatic N) is 1. The number of ether oxygens (including phenoxy) is 2. The Balaban J connectivity index is 1.97. The van der Waals surface area contributed by atoms with Gasteiger partial charge < -0.3 is 9.47 Å². The van der Waals surface area contributed by atoms with Crippen molar-refractivity contribution >= 4 is 56.2 Å². The Morgan fingerprint density at radius 1 is 1.45 bits per heavy atom. The number of thioether (sulfide) groups is 1. The summed E-state index contributed by atoms with van der Waals surface area (Å²) in [6.45, 7) is 2.72. The lowest BCUT2D eigenvalue weighted by Gasteiger charge is -2.09. The first-order chi connectivity index (χ1) is 9.60. The van der Waals surface area contributed by atoms with Crippen LogP contribution in [0.15, 0.2) is 21.5 Å². The van der Waals surface area contributed by atoms with Crippen LogP contribution in [0.3, 0.4) is 0 Å². The molecule has 104 valence electrons. The lowest BCUT2D eigenvalue weighted by atomic mass is 10.2. The Hall–Kier alpha value is -1.05. The number of hydrogen-bond donors (Lipinski definition) is 0. The highest BCUT2D eigenvalue weighted by Gasteiger charge is 2.31. The van der Waals surface area contributed by atoms with Crippen LogP contribution in [0.2, 0.25) is 0 Å². The van der Waals surface area contributed by atoms with Crippen molar-refractivity contribution in [1.82, 2.24) is 4.90 Å². The molecular weight excluding hydrogens is 362 g/mol. The van der Waals surface area contributed by atoms with Gasteiger partial charge in [0.2, 0.25) is 6.79 Å². The van der Waals surface area contributed by atoms with E-state index in [0.717, 1.165) is 10.0 Å². The van der Waals surface area contributed by atoms with E-state index in [1.165, 1.54) is 11.8 Å². The van der Waals surface area contributed by atoms with E-state index in [-0.39, 0.29) is 12.7 Å². The van der Waals surface area contributed by atoms with Crippen molar-refractivity contribution in [2.24, 2.45) is 0 Å². The lowest BCUT2D eigenvalue weighted by Crippen LogP contribution is -2.27. The van der Waals surface area contributed by atoms with Gasteiger partial charge in [-0.25, -0.2) is 0 Å². The largest absolute Gasteiger partial charge is 0.454 e. The molecule has 3 rings (SSSR count). The third-order valence-electron chi connectivity index (χ3n) is 2.97. The maximum Gasteiger partial charge on any atom is 0.266 e. The number of rotatable bonds is 2. The summed E-state index contributed by atoms with van der Waals surface area (Å²) < 4.78 is 12.1. The average Bonchev–Trinajstić information content (AvgIpc) is 2.95. The van der Waals surface area contributed by atoms with E-state index in [1.807, 2.05) is 25.1 Å². The van der Waals surface area contributed by atoms with E-state index in [2.05, 4.69) is 15.9 Å². The van der Waals surface area contributed by atoms with Crippen LogP contribution in [-0.2, 0) is 4.79 Å². The van der Waals surface area contributed by atoms with Crippen molar-refractivity contribution in [2.75, 3.05) is 13.3 Å². The smallest absolute Gasteiger partial charge is 0.266 e. The predicted molar refractivity (Wildman–Crippen MR) is 85.8 cm³/mol. The van der Waals surface area contributed by atoms with Gasteiger partial charge in [-0.05, 0) is 30.7 Å². The molecule has 0 atom stereocenters. The van der Waals surface area contributed by atoms with Gasteiger partial charge in [-0.3, -0.25) is 9.69 Å². The molecule has 0 aromatic heterocycles. The Labute approximate surface area is 134 Å². The summed E-state index contributed by atoms with van der Waals surface area (Å²) in [7, 11) is 0. The highest BCUT2D eigenvalue weighted by atomic mass is 79.9. The molecule has 2 aliphatic heterocycles. The highest BCUT2D eigenvalue weighted by Crippen LogP contribution is 2.39. The minimum atomic E-state index is -0.0490. The van der Waals surface area contributed by atoms with Gasteiger partial charge in [-0.1, -0.05) is 39.9 Å². The number of benzene rings is 1. The average molecular weight is 372 g/mol. The molecular formula is C13H10BrNO3S2. The first-order valence-corrected chi connectivity index (χ1v) is 7.96. The number of hydrogen-bond acceptors (Lipinski definition) is 5. The van der Waals surface area contributed by atoms with Gasteiger partial charge in [0.15, 0.2) is 11.5 Å². The number of amides is 1. The van der Waals surface area contributed by atoms with Crippen LogP contribution >= 0.6 is 39.9 Å². The molecule has 0 unspecified atom stereocenters. The first-order valence-electron chi connectivity index (χ1n) is 5.94. The summed E-state index contributed by atoms with van der Waals surface area (Å²) in [6.07, 6.45) is 1.82. The zero-order chi connectivity index (χ0) is 14.3. The summed E-state index contributed by atoms with van der Waals surface area (Å²) in [5, 5.41) is 0. The standard InChI is InChI=1S/C13H10BrNO3S2/c1-2-15-12(16)11(20-13(15)19)4-7-3-9-10(5-8(7)14)18-6-17-9/h3-5H,2,6H2,1H3. The second-order valence-electron chi connectivity index (χ2n) is 4.15. The van der Waals surface area contributed by atoms with E-state index in [4.69, 9.17) is 21.7 Å². The summed E-state index contributed by atoms with van der Waals surface area (Å²) >= 11 is 9.99. The molecule has 1 aromatic carbocycles. The van der Waals surface area contributed by atoms with Crippen LogP contribution in [0.1, 0.15) is 12.5 Å². The molecule has 1 aromatic rings. The fourth-order valence-electron chi connectivity index (χ4n) is 1.96. The molecule has 2 aliphatic rings. The van der Waals surface area contributed by atoms with Crippen molar-refractivity contribution < 1.29 is 14.3 Å². The number of carbonyl (C=O) groups is 1. The van der Waals surface area contributed by atoms with E-state index in [0.29, 0.717) is 27.3 Å². The third kappa shape index (κ3) is 2.34. The third-order valence-corrected chi connectivity index (χ3v) is 5.03. The Morgan fingerprint density at radius 3 is 2.80 bits per heavy atom. The van der Waals surface area contributed by atoms with Gasteiger partial charge in [0.25, 0.3) is 5.91 Å². The number of halogens is 1. The van der Waals surface area contributed by atoms with Gasteiger partial charge in [-0.2, -0.15) is 0 Å².